The molecule has 7 heteroatoms. The Kier molecular flexibility index (Phi) is 5.53. The number of ether oxygens (including phenoxy) is 1. The lowest BCUT2D eigenvalue weighted by Crippen LogP contribution is -2.40. The van der Waals surface area contributed by atoms with Crippen LogP contribution in [0, 0.1) is 6.92 Å². The van der Waals surface area contributed by atoms with E-state index in [2.05, 4.69) is 10.5 Å². The highest BCUT2D eigenvalue weighted by Gasteiger charge is 2.32. The minimum Gasteiger partial charge on any atom is -0.467 e. The number of hydrogen-bond donors (Lipinski definition) is 1. The quantitative estimate of drug-likeness (QED) is 0.788. The molecular weight excluding hydrogens is 310 g/mol. The van der Waals surface area contributed by atoms with Crippen LogP contribution in [0.25, 0.3) is 0 Å². The molecule has 1 N–H and O–H groups in total. The Morgan fingerprint density at radius 1 is 1.54 bits per heavy atom. The molecule has 1 atom stereocenters. The van der Waals surface area contributed by atoms with Crippen LogP contribution < -0.4 is 5.32 Å². The average molecular weight is 333 g/mol. The Morgan fingerprint density at radius 3 is 3.21 bits per heavy atom. The van der Waals surface area contributed by atoms with E-state index in [4.69, 9.17) is 13.7 Å². The molecule has 130 valence electrons. The molecule has 1 aliphatic rings. The van der Waals surface area contributed by atoms with Crippen LogP contribution in [-0.4, -0.2) is 35.8 Å². The molecule has 24 heavy (non-hydrogen) atoms. The fourth-order valence-corrected chi connectivity index (χ4v) is 2.88. The van der Waals surface area contributed by atoms with E-state index in [-0.39, 0.29) is 12.1 Å². The SMILES string of the molecule is Cc1cc([C@H]2CCCN2C(=O)NCCCOCc2ccco2)on1. The first-order valence-corrected chi connectivity index (χ1v) is 8.32. The molecule has 0 spiro atoms. The van der Waals surface area contributed by atoms with Crippen molar-refractivity contribution in [1.82, 2.24) is 15.4 Å². The van der Waals surface area contributed by atoms with Gasteiger partial charge in [-0.2, -0.15) is 0 Å². The van der Waals surface area contributed by atoms with Crippen LogP contribution >= 0.6 is 0 Å². The second-order valence-corrected chi connectivity index (χ2v) is 5.94. The van der Waals surface area contributed by atoms with Crippen LogP contribution in [-0.2, 0) is 11.3 Å². The number of aryl methyl sites for hydroxylation is 1. The minimum absolute atomic E-state index is 0.0126. The molecule has 7 nitrogen and oxygen atoms in total. The molecule has 2 amide bonds. The predicted octanol–water partition coefficient (Wildman–Crippen LogP) is 3.03. The van der Waals surface area contributed by atoms with Crippen LogP contribution in [0.3, 0.4) is 0 Å². The van der Waals surface area contributed by atoms with E-state index in [0.717, 1.165) is 43.0 Å². The molecule has 2 aromatic heterocycles. The van der Waals surface area contributed by atoms with Gasteiger partial charge >= 0.3 is 6.03 Å². The summed E-state index contributed by atoms with van der Waals surface area (Å²) in [6, 6.07) is 5.54. The maximum Gasteiger partial charge on any atom is 0.318 e. The van der Waals surface area contributed by atoms with Gasteiger partial charge in [0.1, 0.15) is 12.4 Å². The fourth-order valence-electron chi connectivity index (χ4n) is 2.88. The summed E-state index contributed by atoms with van der Waals surface area (Å²) in [5, 5.41) is 6.86. The largest absolute Gasteiger partial charge is 0.467 e. The molecule has 0 unspecified atom stereocenters. The van der Waals surface area contributed by atoms with E-state index in [9.17, 15) is 4.79 Å². The van der Waals surface area contributed by atoms with Gasteiger partial charge in [0.25, 0.3) is 0 Å². The predicted molar refractivity (Wildman–Crippen MR) is 86.3 cm³/mol. The van der Waals surface area contributed by atoms with E-state index >= 15 is 0 Å². The van der Waals surface area contributed by atoms with Crippen LogP contribution in [0.2, 0.25) is 0 Å². The summed E-state index contributed by atoms with van der Waals surface area (Å²) in [6.45, 7) is 4.24. The van der Waals surface area contributed by atoms with Crippen LogP contribution in [0.15, 0.2) is 33.4 Å². The summed E-state index contributed by atoms with van der Waals surface area (Å²) in [4.78, 5) is 14.2. The number of urea groups is 1. The lowest BCUT2D eigenvalue weighted by atomic mass is 10.1. The molecule has 0 aromatic carbocycles. The highest BCUT2D eigenvalue weighted by molar-refractivity contribution is 5.74. The number of furan rings is 1. The second kappa shape index (κ2) is 8.01. The highest BCUT2D eigenvalue weighted by Crippen LogP contribution is 2.32. The van der Waals surface area contributed by atoms with Gasteiger partial charge in [0.05, 0.1) is 18.0 Å². The fraction of sp³-hybridized carbons (Fsp3) is 0.529. The van der Waals surface area contributed by atoms with E-state index in [1.165, 1.54) is 0 Å². The molecule has 1 aliphatic heterocycles. The average Bonchev–Trinajstić information content (AvgIpc) is 3.30. The molecule has 0 saturated carbocycles. The Bertz CT molecular complexity index is 638. The minimum atomic E-state index is -0.0578. The van der Waals surface area contributed by atoms with E-state index < -0.39 is 0 Å². The Balaban J connectivity index is 1.36. The van der Waals surface area contributed by atoms with Crippen molar-refractivity contribution in [2.24, 2.45) is 0 Å². The van der Waals surface area contributed by atoms with Gasteiger partial charge in [-0.1, -0.05) is 5.16 Å². The second-order valence-electron chi connectivity index (χ2n) is 5.94. The molecule has 1 fully saturated rings. The van der Waals surface area contributed by atoms with Gasteiger partial charge < -0.3 is 23.9 Å². The van der Waals surface area contributed by atoms with Crippen molar-refractivity contribution in [1.29, 1.82) is 0 Å². The van der Waals surface area contributed by atoms with Crippen molar-refractivity contribution >= 4 is 6.03 Å². The maximum absolute atomic E-state index is 12.4. The van der Waals surface area contributed by atoms with E-state index in [1.807, 2.05) is 30.0 Å². The van der Waals surface area contributed by atoms with Gasteiger partial charge in [-0.3, -0.25) is 0 Å². The summed E-state index contributed by atoms with van der Waals surface area (Å²) in [5.74, 6) is 1.57. The monoisotopic (exact) mass is 333 g/mol. The lowest BCUT2D eigenvalue weighted by molar-refractivity contribution is 0.104. The summed E-state index contributed by atoms with van der Waals surface area (Å²) in [7, 11) is 0. The van der Waals surface area contributed by atoms with Gasteiger partial charge in [0.2, 0.25) is 0 Å². The maximum atomic E-state index is 12.4. The first-order chi connectivity index (χ1) is 11.7. The number of nitrogens with zero attached hydrogens (tertiary/aromatic N) is 2. The molecule has 1 saturated heterocycles. The number of aromatic nitrogens is 1. The van der Waals surface area contributed by atoms with Gasteiger partial charge in [-0.25, -0.2) is 4.79 Å². The summed E-state index contributed by atoms with van der Waals surface area (Å²) in [6.07, 6.45) is 4.27. The van der Waals surface area contributed by atoms with Crippen LogP contribution in [0.5, 0.6) is 0 Å². The van der Waals surface area contributed by atoms with Crippen molar-refractivity contribution < 1.29 is 18.5 Å². The third kappa shape index (κ3) is 4.17. The number of carbonyl (C=O) groups is 1. The van der Waals surface area contributed by atoms with Crippen molar-refractivity contribution in [3.63, 3.8) is 0 Å². The number of likely N-dealkylation sites (tertiary alicyclic amines) is 1. The zero-order chi connectivity index (χ0) is 16.8. The van der Waals surface area contributed by atoms with Gasteiger partial charge in [0, 0.05) is 25.8 Å². The summed E-state index contributed by atoms with van der Waals surface area (Å²) >= 11 is 0. The van der Waals surface area contributed by atoms with Gasteiger partial charge in [-0.15, -0.1) is 0 Å². The molecule has 0 bridgehead atoms. The molecule has 0 radical (unpaired) electrons. The summed E-state index contributed by atoms with van der Waals surface area (Å²) < 4.78 is 16.0. The lowest BCUT2D eigenvalue weighted by Gasteiger charge is -2.23. The molecule has 3 rings (SSSR count). The number of carbonyl (C=O) groups excluding carboxylic acids is 1. The van der Waals surface area contributed by atoms with Crippen molar-refractivity contribution in [3.05, 3.63) is 41.7 Å². The highest BCUT2D eigenvalue weighted by atomic mass is 16.5. The van der Waals surface area contributed by atoms with Crippen molar-refractivity contribution in [3.8, 4) is 0 Å². The smallest absolute Gasteiger partial charge is 0.318 e. The van der Waals surface area contributed by atoms with E-state index in [1.54, 1.807) is 6.26 Å². The molecule has 3 heterocycles. The van der Waals surface area contributed by atoms with Crippen molar-refractivity contribution in [2.75, 3.05) is 19.7 Å². The molecule has 0 aliphatic carbocycles. The van der Waals surface area contributed by atoms with Crippen LogP contribution in [0.4, 0.5) is 4.79 Å². The zero-order valence-electron chi connectivity index (χ0n) is 13.9. The number of amides is 2. The first kappa shape index (κ1) is 16.6. The van der Waals surface area contributed by atoms with Crippen LogP contribution in [0.1, 0.15) is 42.5 Å². The van der Waals surface area contributed by atoms with Gasteiger partial charge in [-0.05, 0) is 38.3 Å². The molecular formula is C17H23N3O4. The summed E-state index contributed by atoms with van der Waals surface area (Å²) in [5.41, 5.74) is 0.839. The van der Waals surface area contributed by atoms with Gasteiger partial charge in [0.15, 0.2) is 5.76 Å². The van der Waals surface area contributed by atoms with Crippen molar-refractivity contribution in [2.45, 2.75) is 38.8 Å². The van der Waals surface area contributed by atoms with E-state index in [0.29, 0.717) is 19.8 Å². The topological polar surface area (TPSA) is 80.7 Å². The standard InChI is InChI=1S/C17H23N3O4/c1-13-11-16(24-19-13)15-6-2-8-20(15)17(21)18-7-4-9-22-12-14-5-3-10-23-14/h3,5,10-11,15H,2,4,6-9,12H2,1H3,(H,18,21)/t15-/m1/s1. The third-order valence-electron chi connectivity index (χ3n) is 4.05. The molecule has 2 aromatic rings. The third-order valence-corrected chi connectivity index (χ3v) is 4.05. The number of nitrogens with one attached hydrogen (secondary N) is 1. The normalized spacial score (nSPS) is 17.4. The Hall–Kier alpha value is -2.28. The first-order valence-electron chi connectivity index (χ1n) is 8.32. The zero-order valence-corrected chi connectivity index (χ0v) is 13.9. The Labute approximate surface area is 140 Å². The number of rotatable bonds is 7. The Morgan fingerprint density at radius 2 is 2.46 bits per heavy atom. The number of hydrogen-bond acceptors (Lipinski definition) is 5.